The normalized spacial score (nSPS) is 12.1. The number of fused-ring (bicyclic) bond motifs is 31. The average molecular weight is 1860 g/mol. The molecular formula is C144H86O3. The van der Waals surface area contributed by atoms with Crippen molar-refractivity contribution in [3.63, 3.8) is 0 Å². The molecule has 30 aromatic rings. The Morgan fingerprint density at radius 3 is 0.816 bits per heavy atom. The van der Waals surface area contributed by atoms with Crippen molar-refractivity contribution in [2.45, 2.75) is 13.8 Å². The van der Waals surface area contributed by atoms with Gasteiger partial charge in [-0.25, -0.2) is 0 Å². The summed E-state index contributed by atoms with van der Waals surface area (Å²) in [7, 11) is 0. The Balaban J connectivity index is 0.000000100. The van der Waals surface area contributed by atoms with Crippen LogP contribution in [0.2, 0.25) is 0 Å². The van der Waals surface area contributed by atoms with Crippen LogP contribution in [-0.4, -0.2) is 0 Å². The van der Waals surface area contributed by atoms with Gasteiger partial charge in [0.05, 0.1) is 0 Å². The highest BCUT2D eigenvalue weighted by Gasteiger charge is 2.38. The topological polar surface area (TPSA) is 39.4 Å². The monoisotopic (exact) mass is 1860 g/mol. The van der Waals surface area contributed by atoms with Crippen LogP contribution >= 0.6 is 0 Å². The van der Waals surface area contributed by atoms with Crippen molar-refractivity contribution >= 4 is 174 Å². The first-order valence-corrected chi connectivity index (χ1v) is 51.0. The molecule has 0 radical (unpaired) electrons. The van der Waals surface area contributed by atoms with Crippen LogP contribution in [-0.2, 0) is 0 Å². The van der Waals surface area contributed by atoms with E-state index in [-0.39, 0.29) is 0 Å². The summed E-state index contributed by atoms with van der Waals surface area (Å²) < 4.78 is 20.7. The molecule has 0 aliphatic heterocycles. The maximum Gasteiger partial charge on any atom is 0.143 e. The van der Waals surface area contributed by atoms with E-state index in [1.165, 1.54) is 291 Å². The first kappa shape index (κ1) is 82.6. The van der Waals surface area contributed by atoms with Crippen molar-refractivity contribution < 1.29 is 13.3 Å². The minimum absolute atomic E-state index is 0.923. The van der Waals surface area contributed by atoms with E-state index < -0.39 is 0 Å². The minimum Gasteiger partial charge on any atom is -0.456 e. The lowest BCUT2D eigenvalue weighted by molar-refractivity contribution is 0.669. The molecule has 0 N–H and O–H groups in total. The van der Waals surface area contributed by atoms with Crippen molar-refractivity contribution in [2.75, 3.05) is 0 Å². The van der Waals surface area contributed by atoms with Gasteiger partial charge in [0.15, 0.2) is 0 Å². The van der Waals surface area contributed by atoms with E-state index in [0.29, 0.717) is 0 Å². The van der Waals surface area contributed by atoms with E-state index in [2.05, 4.69) is 499 Å². The Labute approximate surface area is 846 Å². The minimum atomic E-state index is 0.923. The highest BCUT2D eigenvalue weighted by Crippen LogP contribution is 2.65. The standard InChI is InChI=1S/C52H30O.C50H32O.C42H24O/c1-3-13-32(14-4-1)46-39-18-9-10-19-40(39)47(33-15-5-2-6-16-33)51-44-30-45-49(41-20-11-21-42(48(41)44)50(46)51)43-27-25-37-29-36(24-26-38(37)52(43)53-45)35-23-22-31-12-7-8-17-34(31)28-35;1-29-13-11-14-30(2)43(29)34-23-25-35-33(27-34)24-26-41-47(35)48-38-21-12-22-39-46(38)40(28-42(48)51-41)50-45(32-17-7-4-8-18-32)37-20-10-9-19-36(37)44(49(39)50)31-15-5-3-6-16-31;1-3-13-26(14-4-1)36-29-18-9-10-19-30(29)37(27-15-5-2-6-16-27)41-34-24-35-39(31-20-11-21-32(38(31)34)40(36)41)33-23-22-25-12-7-8-17-28(25)42(33)43-35/h1-30H;3-28H,1-2H3;1-24H. The molecule has 0 bridgehead atoms. The highest BCUT2D eigenvalue weighted by molar-refractivity contribution is 6.39. The molecule has 147 heavy (non-hydrogen) atoms. The Morgan fingerprint density at radius 2 is 0.395 bits per heavy atom. The molecule has 0 saturated carbocycles. The number of benzene rings is 27. The van der Waals surface area contributed by atoms with Gasteiger partial charge in [-0.15, -0.1) is 0 Å². The molecule has 33 rings (SSSR count). The molecule has 3 aliphatic rings. The third-order valence-corrected chi connectivity index (χ3v) is 32.1. The van der Waals surface area contributed by atoms with Crippen molar-refractivity contribution in [1.29, 1.82) is 0 Å². The van der Waals surface area contributed by atoms with Gasteiger partial charge in [-0.2, -0.15) is 0 Å². The average Bonchev–Trinajstić information content (AvgIpc) is 1.53. The molecule has 0 saturated heterocycles. The van der Waals surface area contributed by atoms with Gasteiger partial charge in [-0.1, -0.05) is 425 Å². The molecule has 3 nitrogen and oxygen atoms in total. The molecule has 0 amide bonds. The quantitative estimate of drug-likeness (QED) is 0.152. The van der Waals surface area contributed by atoms with Crippen molar-refractivity contribution in [2.24, 2.45) is 0 Å². The Hall–Kier alpha value is -19.1. The summed E-state index contributed by atoms with van der Waals surface area (Å²) in [5.41, 5.74) is 43.6. The highest BCUT2D eigenvalue weighted by atomic mass is 16.3. The lowest BCUT2D eigenvalue weighted by Crippen LogP contribution is -1.93. The van der Waals surface area contributed by atoms with Gasteiger partial charge in [0.25, 0.3) is 0 Å². The first-order chi connectivity index (χ1) is 72.8. The smallest absolute Gasteiger partial charge is 0.143 e. The molecule has 0 spiro atoms. The molecule has 27 aromatic carbocycles. The zero-order valence-corrected chi connectivity index (χ0v) is 80.4. The summed E-state index contributed by atoms with van der Waals surface area (Å²) in [5.74, 6) is 0. The second-order valence-electron chi connectivity index (χ2n) is 40.0. The fourth-order valence-corrected chi connectivity index (χ4v) is 26.1. The maximum absolute atomic E-state index is 7.01. The van der Waals surface area contributed by atoms with Crippen molar-refractivity contribution in [3.05, 3.63) is 496 Å². The van der Waals surface area contributed by atoms with E-state index >= 15 is 0 Å². The van der Waals surface area contributed by atoms with Crippen LogP contribution in [0.25, 0.3) is 329 Å². The maximum atomic E-state index is 7.01. The number of furan rings is 3. The fraction of sp³-hybridized carbons (Fsp3) is 0.0139. The predicted octanol–water partition coefficient (Wildman–Crippen LogP) is 41.2. The SMILES string of the molecule is Cc1cccc(C)c1-c1ccc2c(ccc3oc4cc5c6c(cccc6c4c32)-c2c-5c(-c3ccccc3)c3ccccc3c2-c2ccccc2)c1.c1ccc(-c2c3c(c(-c4ccccc4)c4ccccc24)-c2cc4oc5c6ccc(-c7ccc8ccccc8c7)cc6ccc5c4c4cccc-3c24)cc1.c1ccc(-c2c3c(c(-c4ccccc4)c4ccccc24)-c2cc4oc5c6ccccc6ccc5c4c4cccc-3c24)cc1. The summed E-state index contributed by atoms with van der Waals surface area (Å²) in [5, 5.41) is 31.9. The van der Waals surface area contributed by atoms with Gasteiger partial charge in [0, 0.05) is 43.1 Å². The molecule has 0 atom stereocenters. The molecular weight excluding hydrogens is 1780 g/mol. The van der Waals surface area contributed by atoms with E-state index in [9.17, 15) is 0 Å². The third kappa shape index (κ3) is 12.3. The number of aryl methyl sites for hydroxylation is 2. The van der Waals surface area contributed by atoms with Crippen LogP contribution in [0.5, 0.6) is 0 Å². The van der Waals surface area contributed by atoms with Crippen LogP contribution in [0, 0.1) is 13.8 Å². The van der Waals surface area contributed by atoms with E-state index in [1.54, 1.807) is 0 Å². The molecule has 0 fully saturated rings. The Bertz CT molecular complexity index is 10900. The van der Waals surface area contributed by atoms with Gasteiger partial charge in [-0.05, 0) is 338 Å². The van der Waals surface area contributed by atoms with Gasteiger partial charge in [0.1, 0.15) is 33.5 Å². The molecule has 0 unspecified atom stereocenters. The first-order valence-electron chi connectivity index (χ1n) is 51.0. The summed E-state index contributed by atoms with van der Waals surface area (Å²) in [4.78, 5) is 0. The zero-order chi connectivity index (χ0) is 96.5. The van der Waals surface area contributed by atoms with Crippen molar-refractivity contribution in [1.82, 2.24) is 0 Å². The molecule has 680 valence electrons. The largest absolute Gasteiger partial charge is 0.456 e. The van der Waals surface area contributed by atoms with E-state index in [1.807, 2.05) is 0 Å². The van der Waals surface area contributed by atoms with Gasteiger partial charge in [0.2, 0.25) is 0 Å². The molecule has 3 aliphatic carbocycles. The van der Waals surface area contributed by atoms with Gasteiger partial charge < -0.3 is 13.3 Å². The van der Waals surface area contributed by atoms with Gasteiger partial charge >= 0.3 is 0 Å². The third-order valence-electron chi connectivity index (χ3n) is 32.1. The lowest BCUT2D eigenvalue weighted by atomic mass is 9.82. The van der Waals surface area contributed by atoms with Gasteiger partial charge in [-0.3, -0.25) is 0 Å². The van der Waals surface area contributed by atoms with Crippen LogP contribution in [0.15, 0.2) is 499 Å². The molecule has 3 heteroatoms. The van der Waals surface area contributed by atoms with Crippen LogP contribution in [0.4, 0.5) is 0 Å². The second kappa shape index (κ2) is 32.2. The number of rotatable bonds is 8. The van der Waals surface area contributed by atoms with Crippen molar-refractivity contribution in [3.8, 4) is 156 Å². The Morgan fingerprint density at radius 1 is 0.122 bits per heavy atom. The van der Waals surface area contributed by atoms with Crippen LogP contribution in [0.3, 0.4) is 0 Å². The summed E-state index contributed by atoms with van der Waals surface area (Å²) >= 11 is 0. The van der Waals surface area contributed by atoms with Crippen LogP contribution < -0.4 is 0 Å². The Kier molecular flexibility index (Phi) is 18.1. The van der Waals surface area contributed by atoms with E-state index in [0.717, 1.165) is 49.7 Å². The summed E-state index contributed by atoms with van der Waals surface area (Å²) in [6.45, 7) is 4.41. The summed E-state index contributed by atoms with van der Waals surface area (Å²) in [6, 6.07) is 177. The zero-order valence-electron chi connectivity index (χ0n) is 80.4. The number of hydrogen-bond donors (Lipinski definition) is 0. The lowest BCUT2D eigenvalue weighted by Gasteiger charge is -2.20. The fourth-order valence-electron chi connectivity index (χ4n) is 26.1. The van der Waals surface area contributed by atoms with E-state index in [4.69, 9.17) is 13.3 Å². The molecule has 3 heterocycles. The van der Waals surface area contributed by atoms with Crippen LogP contribution in [0.1, 0.15) is 11.1 Å². The predicted molar refractivity (Wildman–Crippen MR) is 622 cm³/mol. The second-order valence-corrected chi connectivity index (χ2v) is 40.0. The number of hydrogen-bond acceptors (Lipinski definition) is 3. The summed E-state index contributed by atoms with van der Waals surface area (Å²) in [6.07, 6.45) is 0. The molecule has 3 aromatic heterocycles.